The highest BCUT2D eigenvalue weighted by Gasteiger charge is 2.37. The summed E-state index contributed by atoms with van der Waals surface area (Å²) in [7, 11) is -1.57. The zero-order valence-corrected chi connectivity index (χ0v) is 15.3. The largest absolute Gasteiger partial charge is 0.418 e. The van der Waals surface area contributed by atoms with E-state index in [1.165, 1.54) is 12.3 Å². The van der Waals surface area contributed by atoms with Crippen LogP contribution in [0.3, 0.4) is 0 Å². The van der Waals surface area contributed by atoms with Crippen molar-refractivity contribution in [1.29, 1.82) is 0 Å². The summed E-state index contributed by atoms with van der Waals surface area (Å²) in [6.45, 7) is 7.16. The van der Waals surface area contributed by atoms with E-state index >= 15 is 0 Å². The molecule has 1 heterocycles. The molecule has 3 nitrogen and oxygen atoms in total. The van der Waals surface area contributed by atoms with Gasteiger partial charge in [0.25, 0.3) is 0 Å². The minimum atomic E-state index is -4.54. The lowest BCUT2D eigenvalue weighted by molar-refractivity contribution is -0.138. The van der Waals surface area contributed by atoms with Crippen molar-refractivity contribution in [2.45, 2.75) is 44.7 Å². The zero-order valence-electron chi connectivity index (χ0n) is 14.5. The minimum Gasteiger partial charge on any atom is -0.259 e. The van der Waals surface area contributed by atoms with Crippen molar-refractivity contribution >= 4 is 11.0 Å². The molecule has 0 fully saturated rings. The number of pyridine rings is 1. The lowest BCUT2D eigenvalue weighted by Crippen LogP contribution is -2.37. The topological polar surface area (TPSA) is 42.0 Å². The molecule has 25 heavy (non-hydrogen) atoms. The average Bonchev–Trinajstić information content (AvgIpc) is 2.51. The highest BCUT2D eigenvalue weighted by atomic mass is 32.2. The molecular weight excluding hydrogens is 349 g/mol. The number of hydrogen-bond donors (Lipinski definition) is 1. The molecule has 0 amide bonds. The minimum absolute atomic E-state index is 0.184. The number of hydrogen-bond acceptors (Lipinski definition) is 2. The van der Waals surface area contributed by atoms with Crippen molar-refractivity contribution in [3.8, 4) is 0 Å². The van der Waals surface area contributed by atoms with Crippen molar-refractivity contribution in [3.05, 3.63) is 65.0 Å². The summed E-state index contributed by atoms with van der Waals surface area (Å²) in [6, 6.07) is 8.37. The van der Waals surface area contributed by atoms with Crippen molar-refractivity contribution in [2.75, 3.05) is 0 Å². The third-order valence-corrected chi connectivity index (χ3v) is 5.17. The Kier molecular flexibility index (Phi) is 5.68. The predicted molar refractivity (Wildman–Crippen MR) is 93.3 cm³/mol. The van der Waals surface area contributed by atoms with Crippen LogP contribution in [0, 0.1) is 6.92 Å². The predicted octanol–water partition coefficient (Wildman–Crippen LogP) is 4.55. The molecule has 1 aromatic heterocycles. The second kappa shape index (κ2) is 7.25. The molecule has 2 aromatic rings. The monoisotopic (exact) mass is 370 g/mol. The fourth-order valence-corrected chi connectivity index (χ4v) is 3.03. The first-order valence-electron chi connectivity index (χ1n) is 7.77. The van der Waals surface area contributed by atoms with Gasteiger partial charge in [-0.15, -0.1) is 0 Å². The van der Waals surface area contributed by atoms with Crippen LogP contribution in [0.15, 0.2) is 42.6 Å². The van der Waals surface area contributed by atoms with E-state index in [-0.39, 0.29) is 5.69 Å². The first-order chi connectivity index (χ1) is 11.5. The summed E-state index contributed by atoms with van der Waals surface area (Å²) in [5.41, 5.74) is 0.541. The highest BCUT2D eigenvalue weighted by molar-refractivity contribution is 7.84. The number of benzene rings is 1. The van der Waals surface area contributed by atoms with Crippen LogP contribution in [0.1, 0.15) is 49.2 Å². The fourth-order valence-electron chi connectivity index (χ4n) is 2.21. The number of nitrogens with one attached hydrogen (secondary N) is 1. The van der Waals surface area contributed by atoms with Crippen LogP contribution < -0.4 is 4.72 Å². The lowest BCUT2D eigenvalue weighted by atomic mass is 9.99. The van der Waals surface area contributed by atoms with E-state index in [1.54, 1.807) is 45.0 Å². The Morgan fingerprint density at radius 1 is 1.08 bits per heavy atom. The number of halogens is 3. The Morgan fingerprint density at radius 3 is 2.20 bits per heavy atom. The number of nitrogens with zero attached hydrogens (tertiary/aromatic N) is 1. The Hall–Kier alpha value is -1.73. The number of aryl methyl sites for hydroxylation is 1. The normalized spacial score (nSPS) is 15.0. The number of rotatable bonds is 4. The van der Waals surface area contributed by atoms with E-state index in [1.807, 2.05) is 6.92 Å². The van der Waals surface area contributed by atoms with Crippen LogP contribution in [0.2, 0.25) is 0 Å². The Morgan fingerprint density at radius 2 is 1.68 bits per heavy atom. The van der Waals surface area contributed by atoms with Gasteiger partial charge in [0.1, 0.15) is 0 Å². The molecule has 136 valence electrons. The third-order valence-electron chi connectivity index (χ3n) is 3.61. The zero-order chi connectivity index (χ0) is 18.8. The van der Waals surface area contributed by atoms with Crippen molar-refractivity contribution in [1.82, 2.24) is 9.71 Å². The SMILES string of the molecule is Cc1ccc([C@H](N[S@@](=O)C(C)(C)C)c2ncccc2C(F)(F)F)cc1. The smallest absolute Gasteiger partial charge is 0.259 e. The third kappa shape index (κ3) is 4.89. The molecule has 0 aliphatic carbocycles. The molecule has 1 N–H and O–H groups in total. The van der Waals surface area contributed by atoms with Gasteiger partial charge < -0.3 is 0 Å². The standard InChI is InChI=1S/C18H21F3N2OS/c1-12-7-9-13(10-8-12)15(23-25(24)17(2,3)4)16-14(18(19,20)21)6-5-11-22-16/h5-11,15,23H,1-4H3/t15-,25-/m0/s1. The van der Waals surface area contributed by atoms with Crippen LogP contribution in [0.4, 0.5) is 13.2 Å². The van der Waals surface area contributed by atoms with Gasteiger partial charge in [-0.1, -0.05) is 29.8 Å². The van der Waals surface area contributed by atoms with E-state index in [0.29, 0.717) is 5.56 Å². The van der Waals surface area contributed by atoms with Gasteiger partial charge >= 0.3 is 6.18 Å². The molecule has 0 aliphatic heterocycles. The maximum Gasteiger partial charge on any atom is 0.418 e. The summed E-state index contributed by atoms with van der Waals surface area (Å²) in [4.78, 5) is 3.96. The highest BCUT2D eigenvalue weighted by Crippen LogP contribution is 2.36. The summed E-state index contributed by atoms with van der Waals surface area (Å²) < 4.78 is 55.0. The molecule has 2 rings (SSSR count). The van der Waals surface area contributed by atoms with E-state index in [4.69, 9.17) is 0 Å². The second-order valence-corrected chi connectivity index (χ2v) is 8.77. The molecule has 0 radical (unpaired) electrons. The van der Waals surface area contributed by atoms with E-state index < -0.39 is 33.5 Å². The van der Waals surface area contributed by atoms with Gasteiger partial charge in [-0.3, -0.25) is 4.98 Å². The van der Waals surface area contributed by atoms with Gasteiger partial charge in [0.15, 0.2) is 0 Å². The van der Waals surface area contributed by atoms with Crippen molar-refractivity contribution < 1.29 is 17.4 Å². The maximum atomic E-state index is 13.4. The molecule has 1 aromatic carbocycles. The molecule has 0 unspecified atom stereocenters. The fraction of sp³-hybridized carbons (Fsp3) is 0.389. The van der Waals surface area contributed by atoms with E-state index in [9.17, 15) is 17.4 Å². The molecule has 7 heteroatoms. The maximum absolute atomic E-state index is 13.4. The quantitative estimate of drug-likeness (QED) is 0.858. The molecular formula is C18H21F3N2OS. The van der Waals surface area contributed by atoms with Crippen LogP contribution in [-0.2, 0) is 17.2 Å². The van der Waals surface area contributed by atoms with Gasteiger partial charge in [0, 0.05) is 6.20 Å². The van der Waals surface area contributed by atoms with E-state index in [0.717, 1.165) is 11.6 Å². The lowest BCUT2D eigenvalue weighted by Gasteiger charge is -2.26. The van der Waals surface area contributed by atoms with Crippen LogP contribution in [0.25, 0.3) is 0 Å². The van der Waals surface area contributed by atoms with Crippen molar-refractivity contribution in [3.63, 3.8) is 0 Å². The molecule has 0 aliphatic rings. The Balaban J connectivity index is 2.56. The molecule has 0 bridgehead atoms. The van der Waals surface area contributed by atoms with Crippen LogP contribution in [0.5, 0.6) is 0 Å². The molecule has 0 saturated carbocycles. The van der Waals surface area contributed by atoms with Gasteiger partial charge in [0.05, 0.1) is 33.0 Å². The van der Waals surface area contributed by atoms with Gasteiger partial charge in [-0.25, -0.2) is 8.93 Å². The molecule has 2 atom stereocenters. The van der Waals surface area contributed by atoms with Gasteiger partial charge in [-0.05, 0) is 45.4 Å². The summed E-state index contributed by atoms with van der Waals surface area (Å²) in [5, 5.41) is 0. The average molecular weight is 370 g/mol. The van der Waals surface area contributed by atoms with Crippen LogP contribution in [-0.4, -0.2) is 13.9 Å². The Labute approximate surface area is 148 Å². The number of aromatic nitrogens is 1. The Bertz CT molecular complexity index is 752. The van der Waals surface area contributed by atoms with E-state index in [2.05, 4.69) is 9.71 Å². The first-order valence-corrected chi connectivity index (χ1v) is 8.92. The summed E-state index contributed by atoms with van der Waals surface area (Å²) in [5.74, 6) is 0. The first kappa shape index (κ1) is 19.6. The molecule has 0 saturated heterocycles. The van der Waals surface area contributed by atoms with Gasteiger partial charge in [0.2, 0.25) is 0 Å². The summed E-state index contributed by atoms with van der Waals surface area (Å²) in [6.07, 6.45) is -3.23. The summed E-state index contributed by atoms with van der Waals surface area (Å²) >= 11 is 0. The van der Waals surface area contributed by atoms with Crippen molar-refractivity contribution in [2.24, 2.45) is 0 Å². The van der Waals surface area contributed by atoms with Crippen LogP contribution >= 0.6 is 0 Å². The second-order valence-electron chi connectivity index (χ2n) is 6.78. The van der Waals surface area contributed by atoms with Gasteiger partial charge in [-0.2, -0.15) is 13.2 Å². The number of alkyl halides is 3. The molecule has 0 spiro atoms.